The van der Waals surface area contributed by atoms with E-state index in [1.165, 1.54) is 22.3 Å². The summed E-state index contributed by atoms with van der Waals surface area (Å²) in [5.41, 5.74) is 2.61. The van der Waals surface area contributed by atoms with Crippen molar-refractivity contribution in [3.8, 4) is 0 Å². The number of benzene rings is 1. The number of sulfonamides is 1. The van der Waals surface area contributed by atoms with E-state index >= 15 is 0 Å². The first-order valence-electron chi connectivity index (χ1n) is 19.3. The van der Waals surface area contributed by atoms with Gasteiger partial charge in [0.25, 0.3) is 5.91 Å². The molecule has 4 fully saturated rings. The first-order valence-corrected chi connectivity index (χ1v) is 21.7. The molecule has 6 aliphatic rings. The smallest absolute Gasteiger partial charge is 0.410 e. The number of hydrogen-bond acceptors (Lipinski definition) is 10. The van der Waals surface area contributed by atoms with E-state index in [9.17, 15) is 27.6 Å². The highest BCUT2D eigenvalue weighted by molar-refractivity contribution is 7.91. The highest BCUT2D eigenvalue weighted by Gasteiger charge is 2.62. The molecule has 5 atom stereocenters. The Kier molecular flexibility index (Phi) is 10.0. The van der Waals surface area contributed by atoms with Gasteiger partial charge < -0.3 is 20.3 Å². The SMILES string of the molecule is C=C[C@H]1CC1(NC(=O)[C@@H]1C[C@@H]2CN1C(=O)[C@H](C1CCCCC1)Nc1nc(cs1)CCC/C=C/c1cccc3c1CN(C3)C(=O)O2)C(=O)NS(=O)(=O)C1CC1. The lowest BCUT2D eigenvalue weighted by Gasteiger charge is -2.34. The van der Waals surface area contributed by atoms with Crippen LogP contribution in [0.1, 0.15) is 93.0 Å². The number of nitrogens with one attached hydrogen (secondary N) is 3. The van der Waals surface area contributed by atoms with Gasteiger partial charge in [-0.05, 0) is 74.0 Å². The summed E-state index contributed by atoms with van der Waals surface area (Å²) in [6.07, 6.45) is 13.0. The first-order chi connectivity index (χ1) is 26.0. The summed E-state index contributed by atoms with van der Waals surface area (Å²) in [7, 11) is -3.88. The maximum absolute atomic E-state index is 14.9. The summed E-state index contributed by atoms with van der Waals surface area (Å²) >= 11 is 1.46. The first kappa shape index (κ1) is 36.7. The molecule has 1 unspecified atom stereocenters. The zero-order valence-electron chi connectivity index (χ0n) is 30.3. The molecule has 3 aliphatic carbocycles. The number of rotatable bonds is 7. The second-order valence-corrected chi connectivity index (χ2v) is 18.5. The van der Waals surface area contributed by atoms with Gasteiger partial charge in [0.1, 0.15) is 23.7 Å². The van der Waals surface area contributed by atoms with Gasteiger partial charge in [-0.1, -0.05) is 55.7 Å². The molecule has 3 saturated carbocycles. The molecule has 1 aromatic heterocycles. The van der Waals surface area contributed by atoms with Gasteiger partial charge >= 0.3 is 6.09 Å². The van der Waals surface area contributed by atoms with Crippen molar-refractivity contribution in [2.45, 2.75) is 119 Å². The molecule has 3 N–H and O–H groups in total. The van der Waals surface area contributed by atoms with Crippen LogP contribution in [0.5, 0.6) is 0 Å². The monoisotopic (exact) mass is 776 g/mol. The van der Waals surface area contributed by atoms with Crippen LogP contribution in [0, 0.1) is 11.8 Å². The second-order valence-electron chi connectivity index (χ2n) is 15.7. The topological polar surface area (TPSA) is 167 Å². The molecule has 0 radical (unpaired) electrons. The Morgan fingerprint density at radius 1 is 1.09 bits per heavy atom. The Morgan fingerprint density at radius 2 is 1.91 bits per heavy atom. The van der Waals surface area contributed by atoms with Gasteiger partial charge in [0.2, 0.25) is 21.8 Å². The molecular formula is C39H48N6O7S2. The number of fused-ring (bicyclic) bond motifs is 5. The van der Waals surface area contributed by atoms with Crippen LogP contribution in [-0.4, -0.2) is 82.5 Å². The van der Waals surface area contributed by atoms with Crippen molar-refractivity contribution < 1.29 is 32.3 Å². The Balaban J connectivity index is 1.09. The second kappa shape index (κ2) is 14.8. The number of aromatic nitrogens is 1. The predicted molar refractivity (Wildman–Crippen MR) is 203 cm³/mol. The molecule has 3 aliphatic heterocycles. The Hall–Kier alpha value is -4.24. The average molecular weight is 777 g/mol. The molecule has 54 heavy (non-hydrogen) atoms. The standard InChI is InChI=1S/C39H48N6O7S2/c1-2-27-19-39(27,36(48)43-54(50,51)30-16-17-30)42-34(46)32-18-29-21-45(32)35(47)33(25-11-6-3-7-12-25)41-37-40-28(23-53-37)15-8-4-5-10-24-13-9-14-26-20-44(22-31(24)26)38(49)52-29/h2,5,9-10,13-14,23,25,27,29-30,32-33H,1,3-4,6-8,11-12,15-22H2,(H,40,41)(H,42,46)(H,43,48)/b10-5+/t27-,29+,32-,33-,39?/m0/s1. The van der Waals surface area contributed by atoms with Crippen molar-refractivity contribution in [3.63, 3.8) is 0 Å². The van der Waals surface area contributed by atoms with Crippen molar-refractivity contribution in [2.24, 2.45) is 11.8 Å². The van der Waals surface area contributed by atoms with E-state index < -0.39 is 62.8 Å². The number of thiazole rings is 1. The zero-order chi connectivity index (χ0) is 37.6. The number of ether oxygens (including phenoxy) is 1. The van der Waals surface area contributed by atoms with Crippen LogP contribution in [0.4, 0.5) is 9.93 Å². The minimum absolute atomic E-state index is 0.00235. The molecule has 288 valence electrons. The fourth-order valence-corrected chi connectivity index (χ4v) is 10.8. The van der Waals surface area contributed by atoms with Gasteiger partial charge in [0.05, 0.1) is 24.0 Å². The normalized spacial score (nSPS) is 29.5. The van der Waals surface area contributed by atoms with Crippen LogP contribution in [0.3, 0.4) is 0 Å². The Bertz CT molecular complexity index is 1970. The van der Waals surface area contributed by atoms with Crippen molar-refractivity contribution in [1.29, 1.82) is 0 Å². The summed E-state index contributed by atoms with van der Waals surface area (Å²) in [5, 5.41) is 8.37. The summed E-state index contributed by atoms with van der Waals surface area (Å²) in [6.45, 7) is 4.57. The van der Waals surface area contributed by atoms with Gasteiger partial charge in [-0.2, -0.15) is 0 Å². The zero-order valence-corrected chi connectivity index (χ0v) is 32.0. The van der Waals surface area contributed by atoms with E-state index in [0.717, 1.165) is 73.8 Å². The minimum Gasteiger partial charge on any atom is -0.444 e. The number of anilines is 1. The molecule has 13 nitrogen and oxygen atoms in total. The Labute approximate surface area is 320 Å². The minimum atomic E-state index is -3.88. The molecule has 4 heterocycles. The maximum atomic E-state index is 14.9. The highest BCUT2D eigenvalue weighted by Crippen LogP contribution is 2.46. The molecule has 15 heteroatoms. The van der Waals surface area contributed by atoms with Gasteiger partial charge in [-0.3, -0.25) is 24.0 Å². The average Bonchev–Trinajstić information content (AvgIpc) is 3.98. The van der Waals surface area contributed by atoms with E-state index in [4.69, 9.17) is 9.72 Å². The number of allylic oxidation sites excluding steroid dienone is 1. The van der Waals surface area contributed by atoms with Gasteiger partial charge in [0, 0.05) is 24.3 Å². The highest BCUT2D eigenvalue weighted by atomic mass is 32.2. The number of carbonyl (C=O) groups excluding carboxylic acids is 4. The van der Waals surface area contributed by atoms with Gasteiger partial charge in [-0.25, -0.2) is 18.2 Å². The molecule has 1 saturated heterocycles. The number of carbonyl (C=O) groups is 4. The summed E-state index contributed by atoms with van der Waals surface area (Å²) in [5.74, 6) is -2.19. The van der Waals surface area contributed by atoms with E-state index in [0.29, 0.717) is 31.1 Å². The van der Waals surface area contributed by atoms with Crippen LogP contribution in [-0.2, 0) is 48.7 Å². The quantitative estimate of drug-likeness (QED) is 0.340. The third kappa shape index (κ3) is 7.40. The lowest BCUT2D eigenvalue weighted by Crippen LogP contribution is -2.58. The lowest BCUT2D eigenvalue weighted by atomic mass is 9.83. The van der Waals surface area contributed by atoms with Gasteiger partial charge in [-0.15, -0.1) is 17.9 Å². The van der Waals surface area contributed by atoms with Crippen molar-refractivity contribution in [3.05, 3.63) is 64.7 Å². The van der Waals surface area contributed by atoms with Crippen LogP contribution in [0.2, 0.25) is 0 Å². The number of hydrogen-bond donors (Lipinski definition) is 3. The number of amides is 4. The summed E-state index contributed by atoms with van der Waals surface area (Å²) in [6, 6.07) is 4.31. The van der Waals surface area contributed by atoms with Gasteiger partial charge in [0.15, 0.2) is 5.13 Å². The van der Waals surface area contributed by atoms with Crippen LogP contribution in [0.25, 0.3) is 6.08 Å². The molecular weight excluding hydrogens is 729 g/mol. The molecule has 4 amide bonds. The Morgan fingerprint density at radius 3 is 2.67 bits per heavy atom. The van der Waals surface area contributed by atoms with Crippen molar-refractivity contribution in [2.75, 3.05) is 11.9 Å². The maximum Gasteiger partial charge on any atom is 0.410 e. The van der Waals surface area contributed by atoms with Crippen molar-refractivity contribution in [1.82, 2.24) is 24.8 Å². The van der Waals surface area contributed by atoms with Crippen molar-refractivity contribution >= 4 is 56.4 Å². The molecule has 8 rings (SSSR count). The number of aryl methyl sites for hydroxylation is 1. The molecule has 1 aromatic carbocycles. The summed E-state index contributed by atoms with van der Waals surface area (Å²) in [4.78, 5) is 64.5. The third-order valence-electron chi connectivity index (χ3n) is 12.0. The van der Waals surface area contributed by atoms with Crippen LogP contribution in [0.15, 0.2) is 42.3 Å². The summed E-state index contributed by atoms with van der Waals surface area (Å²) < 4.78 is 33.8. The fourth-order valence-electron chi connectivity index (χ4n) is 8.60. The van der Waals surface area contributed by atoms with E-state index in [1.807, 2.05) is 23.6 Å². The molecule has 2 aromatic rings. The largest absolute Gasteiger partial charge is 0.444 e. The van der Waals surface area contributed by atoms with E-state index in [1.54, 1.807) is 4.90 Å². The van der Waals surface area contributed by atoms with E-state index in [-0.39, 0.29) is 31.2 Å². The molecule has 6 bridgehead atoms. The van der Waals surface area contributed by atoms with Crippen LogP contribution >= 0.6 is 11.3 Å². The van der Waals surface area contributed by atoms with Crippen LogP contribution < -0.4 is 15.4 Å². The fraction of sp³-hybridized carbons (Fsp3) is 0.564. The third-order valence-corrected chi connectivity index (χ3v) is 14.6. The predicted octanol–water partition coefficient (Wildman–Crippen LogP) is 4.64. The molecule has 0 spiro atoms. The van der Waals surface area contributed by atoms with E-state index in [2.05, 4.69) is 34.1 Å². The number of nitrogens with zero attached hydrogens (tertiary/aromatic N) is 3. The lowest BCUT2D eigenvalue weighted by molar-refractivity contribution is -0.141.